The van der Waals surface area contributed by atoms with Crippen LogP contribution in [0, 0.1) is 0 Å². The van der Waals surface area contributed by atoms with Crippen molar-refractivity contribution in [2.75, 3.05) is 38.7 Å². The number of aliphatic imine (C=N–C) groups is 1. The Morgan fingerprint density at radius 1 is 1.24 bits per heavy atom. The van der Waals surface area contributed by atoms with E-state index in [1.165, 1.54) is 17.7 Å². The minimum atomic E-state index is -0.306. The molecule has 2 aromatic rings. The van der Waals surface area contributed by atoms with Gasteiger partial charge in [-0.25, -0.2) is 4.79 Å². The van der Waals surface area contributed by atoms with E-state index in [9.17, 15) is 4.79 Å². The Hall–Kier alpha value is -1.81. The Balaban J connectivity index is 0.00000300. The summed E-state index contributed by atoms with van der Waals surface area (Å²) in [5, 5.41) is 10.4. The van der Waals surface area contributed by atoms with Gasteiger partial charge in [-0.1, -0.05) is 12.1 Å². The predicted molar refractivity (Wildman–Crippen MR) is 131 cm³/mol. The largest absolute Gasteiger partial charge is 0.465 e. The third kappa shape index (κ3) is 6.88. The molecule has 3 rings (SSSR count). The van der Waals surface area contributed by atoms with Crippen molar-refractivity contribution in [2.45, 2.75) is 25.3 Å². The molecule has 0 atom stereocenters. The van der Waals surface area contributed by atoms with Crippen LogP contribution in [0.25, 0.3) is 0 Å². The average molecular weight is 528 g/mol. The van der Waals surface area contributed by atoms with Gasteiger partial charge in [-0.3, -0.25) is 4.99 Å². The molecule has 1 aromatic carbocycles. The summed E-state index contributed by atoms with van der Waals surface area (Å²) in [6, 6.07) is 12.3. The lowest BCUT2D eigenvalue weighted by Crippen LogP contribution is -2.49. The fourth-order valence-corrected chi connectivity index (χ4v) is 4.12. The SMILES string of the molecule is CN=C(NCCc1ccc(C(=O)OC)cc1)NC1CCN(c2cccs2)CC1.I. The number of halogens is 1. The molecule has 2 heterocycles. The Labute approximate surface area is 193 Å². The van der Waals surface area contributed by atoms with Gasteiger partial charge in [0.1, 0.15) is 0 Å². The maximum absolute atomic E-state index is 11.5. The van der Waals surface area contributed by atoms with Gasteiger partial charge in [0.2, 0.25) is 0 Å². The number of nitrogens with zero attached hydrogens (tertiary/aromatic N) is 2. The van der Waals surface area contributed by atoms with E-state index in [0.717, 1.165) is 44.9 Å². The number of esters is 1. The van der Waals surface area contributed by atoms with E-state index < -0.39 is 0 Å². The first kappa shape index (κ1) is 23.5. The summed E-state index contributed by atoms with van der Waals surface area (Å²) in [5.41, 5.74) is 1.74. The van der Waals surface area contributed by atoms with Crippen LogP contribution in [0.1, 0.15) is 28.8 Å². The number of hydrogen-bond donors (Lipinski definition) is 2. The highest BCUT2D eigenvalue weighted by Crippen LogP contribution is 2.24. The monoisotopic (exact) mass is 528 g/mol. The fourth-order valence-electron chi connectivity index (χ4n) is 3.33. The van der Waals surface area contributed by atoms with Gasteiger partial charge in [0.25, 0.3) is 0 Å². The second-order valence-corrected chi connectivity index (χ2v) is 7.72. The van der Waals surface area contributed by atoms with Crippen LogP contribution in [-0.4, -0.2) is 51.8 Å². The molecule has 0 unspecified atom stereocenters. The zero-order valence-corrected chi connectivity index (χ0v) is 20.0. The van der Waals surface area contributed by atoms with Gasteiger partial charge in [-0.15, -0.1) is 35.3 Å². The summed E-state index contributed by atoms with van der Waals surface area (Å²) in [6.07, 6.45) is 3.07. The molecular formula is C21H29IN4O2S. The van der Waals surface area contributed by atoms with Crippen LogP contribution >= 0.6 is 35.3 Å². The van der Waals surface area contributed by atoms with Crippen LogP contribution in [-0.2, 0) is 11.2 Å². The number of ether oxygens (including phenoxy) is 1. The van der Waals surface area contributed by atoms with Gasteiger partial charge in [-0.2, -0.15) is 0 Å². The Morgan fingerprint density at radius 2 is 1.97 bits per heavy atom. The van der Waals surface area contributed by atoms with E-state index in [4.69, 9.17) is 4.74 Å². The van der Waals surface area contributed by atoms with Crippen molar-refractivity contribution in [3.8, 4) is 0 Å². The molecular weight excluding hydrogens is 499 g/mol. The molecule has 2 N–H and O–H groups in total. The number of benzene rings is 1. The lowest BCUT2D eigenvalue weighted by atomic mass is 10.1. The molecule has 6 nitrogen and oxygen atoms in total. The van der Waals surface area contributed by atoms with E-state index >= 15 is 0 Å². The smallest absolute Gasteiger partial charge is 0.337 e. The summed E-state index contributed by atoms with van der Waals surface area (Å²) < 4.78 is 4.73. The number of thiophene rings is 1. The molecule has 29 heavy (non-hydrogen) atoms. The molecule has 158 valence electrons. The third-order valence-corrected chi connectivity index (χ3v) is 5.89. The maximum atomic E-state index is 11.5. The van der Waals surface area contributed by atoms with Crippen molar-refractivity contribution in [2.24, 2.45) is 4.99 Å². The zero-order valence-electron chi connectivity index (χ0n) is 16.9. The van der Waals surface area contributed by atoms with Gasteiger partial charge in [0, 0.05) is 32.7 Å². The number of methoxy groups -OCH3 is 1. The van der Waals surface area contributed by atoms with Crippen molar-refractivity contribution in [3.63, 3.8) is 0 Å². The molecule has 1 aromatic heterocycles. The Bertz CT molecular complexity index is 772. The summed E-state index contributed by atoms with van der Waals surface area (Å²) in [7, 11) is 3.20. The van der Waals surface area contributed by atoms with Crippen LogP contribution in [0.2, 0.25) is 0 Å². The highest BCUT2D eigenvalue weighted by atomic mass is 127. The van der Waals surface area contributed by atoms with Crippen molar-refractivity contribution >= 4 is 52.2 Å². The number of piperidine rings is 1. The standard InChI is InChI=1S/C21H28N4O2S.HI/c1-22-21(23-12-9-16-5-7-17(8-6-16)20(26)27-2)24-18-10-13-25(14-11-18)19-4-3-15-28-19;/h3-8,15,18H,9-14H2,1-2H3,(H2,22,23,24);1H. The maximum Gasteiger partial charge on any atom is 0.337 e. The quantitative estimate of drug-likeness (QED) is 0.260. The minimum Gasteiger partial charge on any atom is -0.465 e. The first-order valence-corrected chi connectivity index (χ1v) is 10.5. The summed E-state index contributed by atoms with van der Waals surface area (Å²) in [5.74, 6) is 0.542. The zero-order chi connectivity index (χ0) is 19.8. The van der Waals surface area contributed by atoms with E-state index in [1.807, 2.05) is 12.1 Å². The molecule has 1 saturated heterocycles. The molecule has 1 aliphatic heterocycles. The van der Waals surface area contributed by atoms with Crippen molar-refractivity contribution in [3.05, 3.63) is 52.9 Å². The van der Waals surface area contributed by atoms with Crippen molar-refractivity contribution in [1.82, 2.24) is 10.6 Å². The highest BCUT2D eigenvalue weighted by molar-refractivity contribution is 14.0. The molecule has 0 spiro atoms. The first-order chi connectivity index (χ1) is 13.7. The number of carbonyl (C=O) groups excluding carboxylic acids is 1. The van der Waals surface area contributed by atoms with Crippen LogP contribution < -0.4 is 15.5 Å². The average Bonchev–Trinajstić information content (AvgIpc) is 3.28. The molecule has 1 aliphatic rings. The summed E-state index contributed by atoms with van der Waals surface area (Å²) in [4.78, 5) is 18.3. The molecule has 1 fully saturated rings. The number of guanidine groups is 1. The van der Waals surface area contributed by atoms with Crippen LogP contribution in [0.5, 0.6) is 0 Å². The summed E-state index contributed by atoms with van der Waals surface area (Å²) in [6.45, 7) is 2.93. The molecule has 0 aliphatic carbocycles. The van der Waals surface area contributed by atoms with Gasteiger partial charge in [-0.05, 0) is 54.5 Å². The van der Waals surface area contributed by atoms with E-state index in [-0.39, 0.29) is 29.9 Å². The van der Waals surface area contributed by atoms with Crippen LogP contribution in [0.15, 0.2) is 46.8 Å². The third-order valence-electron chi connectivity index (χ3n) is 4.96. The number of hydrogen-bond acceptors (Lipinski definition) is 5. The number of anilines is 1. The van der Waals surface area contributed by atoms with E-state index in [0.29, 0.717) is 11.6 Å². The number of nitrogens with one attached hydrogen (secondary N) is 2. The molecule has 8 heteroatoms. The number of carbonyl (C=O) groups is 1. The number of rotatable bonds is 6. The lowest BCUT2D eigenvalue weighted by Gasteiger charge is -2.33. The van der Waals surface area contributed by atoms with Gasteiger partial charge in [0.15, 0.2) is 5.96 Å². The fraction of sp³-hybridized carbons (Fsp3) is 0.429. The minimum absolute atomic E-state index is 0. The van der Waals surface area contributed by atoms with Crippen molar-refractivity contribution < 1.29 is 9.53 Å². The second kappa shape index (κ2) is 12.0. The highest BCUT2D eigenvalue weighted by Gasteiger charge is 2.20. The second-order valence-electron chi connectivity index (χ2n) is 6.79. The van der Waals surface area contributed by atoms with Gasteiger partial charge < -0.3 is 20.3 Å². The Morgan fingerprint density at radius 3 is 2.55 bits per heavy atom. The van der Waals surface area contributed by atoms with Gasteiger partial charge >= 0.3 is 5.97 Å². The van der Waals surface area contributed by atoms with E-state index in [1.54, 1.807) is 30.5 Å². The topological polar surface area (TPSA) is 66.0 Å². The normalized spacial score (nSPS) is 14.8. The van der Waals surface area contributed by atoms with Gasteiger partial charge in [0.05, 0.1) is 17.7 Å². The molecule has 0 bridgehead atoms. The van der Waals surface area contributed by atoms with Crippen LogP contribution in [0.4, 0.5) is 5.00 Å². The molecule has 0 radical (unpaired) electrons. The van der Waals surface area contributed by atoms with Crippen molar-refractivity contribution in [1.29, 1.82) is 0 Å². The summed E-state index contributed by atoms with van der Waals surface area (Å²) >= 11 is 1.81. The molecule has 0 amide bonds. The van der Waals surface area contributed by atoms with E-state index in [2.05, 4.69) is 38.0 Å². The first-order valence-electron chi connectivity index (χ1n) is 9.62. The predicted octanol–water partition coefficient (Wildman–Crippen LogP) is 3.53. The lowest BCUT2D eigenvalue weighted by molar-refractivity contribution is 0.0600. The Kier molecular flexibility index (Phi) is 9.72. The molecule has 0 saturated carbocycles. The van der Waals surface area contributed by atoms with Crippen LogP contribution in [0.3, 0.4) is 0 Å².